The number of fused-ring (bicyclic) bond motifs is 1. The number of nitrogens with zero attached hydrogens (tertiary/aromatic N) is 1. The first kappa shape index (κ1) is 13.2. The van der Waals surface area contributed by atoms with Gasteiger partial charge in [0.05, 0.1) is 22.0 Å². The lowest BCUT2D eigenvalue weighted by molar-refractivity contribution is 0.476. The van der Waals surface area contributed by atoms with Crippen LogP contribution >= 0.6 is 0 Å². The number of sulfone groups is 1. The van der Waals surface area contributed by atoms with Crippen molar-refractivity contribution < 1.29 is 13.5 Å². The average molecular weight is 296 g/mol. The van der Waals surface area contributed by atoms with Crippen LogP contribution < -0.4 is 5.69 Å². The van der Waals surface area contributed by atoms with Gasteiger partial charge in [-0.25, -0.2) is 13.2 Å². The van der Waals surface area contributed by atoms with Crippen LogP contribution in [0.15, 0.2) is 23.0 Å². The van der Waals surface area contributed by atoms with Gasteiger partial charge in [0, 0.05) is 12.6 Å². The quantitative estimate of drug-likeness (QED) is 0.865. The summed E-state index contributed by atoms with van der Waals surface area (Å²) in [7, 11) is -3.12. The first-order chi connectivity index (χ1) is 9.47. The summed E-state index contributed by atoms with van der Waals surface area (Å²) in [6.45, 7) is 0.173. The van der Waals surface area contributed by atoms with Gasteiger partial charge < -0.3 is 10.1 Å². The van der Waals surface area contributed by atoms with Gasteiger partial charge in [0.15, 0.2) is 9.84 Å². The standard InChI is InChI=1S/C13H16N2O4S/c16-9-4-5-12-11(7-9)14-13(17)15(12)8-10-3-1-2-6-20(10,18)19/h4-5,7,10,16H,1-3,6,8H2,(H,14,17). The molecule has 0 bridgehead atoms. The maximum absolute atomic E-state index is 12.0. The van der Waals surface area contributed by atoms with Crippen LogP contribution in [0.3, 0.4) is 0 Å². The maximum Gasteiger partial charge on any atom is 0.326 e. The van der Waals surface area contributed by atoms with E-state index in [9.17, 15) is 18.3 Å². The number of aromatic amines is 1. The number of nitrogens with one attached hydrogen (secondary N) is 1. The van der Waals surface area contributed by atoms with Crippen LogP contribution in [0, 0.1) is 0 Å². The molecular weight excluding hydrogens is 280 g/mol. The molecule has 6 nitrogen and oxygen atoms in total. The Hall–Kier alpha value is -1.76. The summed E-state index contributed by atoms with van der Waals surface area (Å²) >= 11 is 0. The predicted molar refractivity (Wildman–Crippen MR) is 75.6 cm³/mol. The molecule has 1 unspecified atom stereocenters. The fraction of sp³-hybridized carbons (Fsp3) is 0.462. The molecule has 0 saturated carbocycles. The Kier molecular flexibility index (Phi) is 3.08. The highest BCUT2D eigenvalue weighted by Gasteiger charge is 2.29. The van der Waals surface area contributed by atoms with Gasteiger partial charge in [-0.1, -0.05) is 6.42 Å². The Morgan fingerprint density at radius 3 is 2.90 bits per heavy atom. The van der Waals surface area contributed by atoms with Crippen molar-refractivity contribution in [2.24, 2.45) is 0 Å². The molecule has 1 aliphatic rings. The summed E-state index contributed by atoms with van der Waals surface area (Å²) in [6, 6.07) is 4.57. The van der Waals surface area contributed by atoms with Crippen molar-refractivity contribution in [2.75, 3.05) is 5.75 Å². The predicted octanol–water partition coefficient (Wildman–Crippen LogP) is 1.00. The minimum atomic E-state index is -3.12. The van der Waals surface area contributed by atoms with Crippen molar-refractivity contribution in [2.45, 2.75) is 31.1 Å². The molecule has 0 spiro atoms. The largest absolute Gasteiger partial charge is 0.508 e. The lowest BCUT2D eigenvalue weighted by atomic mass is 10.2. The molecule has 0 aliphatic carbocycles. The van der Waals surface area contributed by atoms with Crippen LogP contribution in [-0.4, -0.2) is 34.1 Å². The van der Waals surface area contributed by atoms with E-state index in [1.54, 1.807) is 6.07 Å². The van der Waals surface area contributed by atoms with Crippen molar-refractivity contribution in [3.63, 3.8) is 0 Å². The summed E-state index contributed by atoms with van der Waals surface area (Å²) in [6.07, 6.45) is 2.18. The third-order valence-electron chi connectivity index (χ3n) is 3.86. The second-order valence-electron chi connectivity index (χ2n) is 5.23. The third-order valence-corrected chi connectivity index (χ3v) is 6.11. The number of phenolic OH excluding ortho intramolecular Hbond substituents is 1. The molecule has 1 fully saturated rings. The fourth-order valence-corrected chi connectivity index (χ4v) is 4.60. The molecule has 1 atom stereocenters. The number of H-pyrrole nitrogens is 1. The fourth-order valence-electron chi connectivity index (χ4n) is 2.76. The Labute approximate surface area is 116 Å². The van der Waals surface area contributed by atoms with Crippen molar-refractivity contribution in [3.05, 3.63) is 28.7 Å². The molecule has 2 N–H and O–H groups in total. The zero-order chi connectivity index (χ0) is 14.3. The Morgan fingerprint density at radius 2 is 2.15 bits per heavy atom. The molecule has 3 rings (SSSR count). The van der Waals surface area contributed by atoms with Gasteiger partial charge in [-0.2, -0.15) is 0 Å². The van der Waals surface area contributed by atoms with Crippen LogP contribution in [0.2, 0.25) is 0 Å². The number of benzene rings is 1. The molecular formula is C13H16N2O4S. The van der Waals surface area contributed by atoms with Crippen LogP contribution in [0.25, 0.3) is 11.0 Å². The molecule has 1 aliphatic heterocycles. The molecule has 0 amide bonds. The number of hydrogen-bond donors (Lipinski definition) is 2. The molecule has 20 heavy (non-hydrogen) atoms. The zero-order valence-corrected chi connectivity index (χ0v) is 11.7. The van der Waals surface area contributed by atoms with E-state index >= 15 is 0 Å². The Morgan fingerprint density at radius 1 is 1.35 bits per heavy atom. The van der Waals surface area contributed by atoms with Gasteiger partial charge in [-0.15, -0.1) is 0 Å². The number of phenols is 1. The van der Waals surface area contributed by atoms with Crippen LogP contribution in [0.1, 0.15) is 19.3 Å². The molecule has 2 aromatic rings. The van der Waals surface area contributed by atoms with Crippen LogP contribution in [-0.2, 0) is 16.4 Å². The highest BCUT2D eigenvalue weighted by Crippen LogP contribution is 2.23. The molecule has 1 aromatic carbocycles. The van der Waals surface area contributed by atoms with Gasteiger partial charge in [0.25, 0.3) is 0 Å². The van der Waals surface area contributed by atoms with E-state index in [0.29, 0.717) is 23.9 Å². The SMILES string of the molecule is O=c1[nH]c2cc(O)ccc2n1CC1CCCCS1(=O)=O. The number of imidazole rings is 1. The second-order valence-corrected chi connectivity index (χ2v) is 7.63. The topological polar surface area (TPSA) is 92.2 Å². The van der Waals surface area contributed by atoms with Gasteiger partial charge in [0.2, 0.25) is 0 Å². The first-order valence-electron chi connectivity index (χ1n) is 6.60. The van der Waals surface area contributed by atoms with Gasteiger partial charge in [-0.3, -0.25) is 4.57 Å². The maximum atomic E-state index is 12.0. The summed E-state index contributed by atoms with van der Waals surface area (Å²) in [4.78, 5) is 14.6. The first-order valence-corrected chi connectivity index (χ1v) is 8.32. The van der Waals surface area contributed by atoms with Gasteiger partial charge >= 0.3 is 5.69 Å². The average Bonchev–Trinajstić information content (AvgIpc) is 2.67. The van der Waals surface area contributed by atoms with E-state index in [2.05, 4.69) is 4.98 Å². The third kappa shape index (κ3) is 2.22. The monoisotopic (exact) mass is 296 g/mol. The molecule has 1 saturated heterocycles. The van der Waals surface area contributed by atoms with Gasteiger partial charge in [0.1, 0.15) is 5.75 Å². The normalized spacial score (nSPS) is 22.1. The number of rotatable bonds is 2. The van der Waals surface area contributed by atoms with E-state index in [1.165, 1.54) is 16.7 Å². The minimum absolute atomic E-state index is 0.0659. The van der Waals surface area contributed by atoms with E-state index < -0.39 is 15.1 Å². The minimum Gasteiger partial charge on any atom is -0.508 e. The molecule has 108 valence electrons. The lowest BCUT2D eigenvalue weighted by Crippen LogP contribution is -2.34. The summed E-state index contributed by atoms with van der Waals surface area (Å²) < 4.78 is 25.5. The smallest absolute Gasteiger partial charge is 0.326 e. The molecule has 7 heteroatoms. The second kappa shape index (κ2) is 4.66. The summed E-state index contributed by atoms with van der Waals surface area (Å²) in [5.41, 5.74) is 0.795. The van der Waals surface area contributed by atoms with Crippen LogP contribution in [0.5, 0.6) is 5.75 Å². The van der Waals surface area contributed by atoms with E-state index in [-0.39, 0.29) is 23.7 Å². The van der Waals surface area contributed by atoms with Crippen LogP contribution in [0.4, 0.5) is 0 Å². The number of aromatic hydroxyl groups is 1. The highest BCUT2D eigenvalue weighted by atomic mass is 32.2. The van der Waals surface area contributed by atoms with E-state index in [0.717, 1.165) is 6.42 Å². The van der Waals surface area contributed by atoms with Crippen molar-refractivity contribution in [1.29, 1.82) is 0 Å². The van der Waals surface area contributed by atoms with E-state index in [1.807, 2.05) is 0 Å². The molecule has 2 heterocycles. The van der Waals surface area contributed by atoms with Gasteiger partial charge in [-0.05, 0) is 25.0 Å². The lowest BCUT2D eigenvalue weighted by Gasteiger charge is -2.22. The summed E-state index contributed by atoms with van der Waals surface area (Å²) in [5, 5.41) is 8.91. The molecule has 0 radical (unpaired) electrons. The Balaban J connectivity index is 2.02. The number of aromatic nitrogens is 2. The number of hydrogen-bond acceptors (Lipinski definition) is 4. The zero-order valence-electron chi connectivity index (χ0n) is 10.9. The van der Waals surface area contributed by atoms with Crippen molar-refractivity contribution in [3.8, 4) is 5.75 Å². The molecule has 1 aromatic heterocycles. The summed E-state index contributed by atoms with van der Waals surface area (Å²) in [5.74, 6) is 0.270. The highest BCUT2D eigenvalue weighted by molar-refractivity contribution is 7.92. The van der Waals surface area contributed by atoms with Crippen molar-refractivity contribution >= 4 is 20.9 Å². The van der Waals surface area contributed by atoms with Crippen molar-refractivity contribution in [1.82, 2.24) is 9.55 Å². The Bertz CT molecular complexity index is 803. The van der Waals surface area contributed by atoms with E-state index in [4.69, 9.17) is 0 Å².